The molecule has 0 radical (unpaired) electrons. The summed E-state index contributed by atoms with van der Waals surface area (Å²) < 4.78 is 0. The van der Waals surface area contributed by atoms with E-state index in [1.165, 1.54) is 5.01 Å². The molecule has 4 heteroatoms. The first kappa shape index (κ1) is 9.64. The summed E-state index contributed by atoms with van der Waals surface area (Å²) >= 11 is 1.70. The molecule has 0 aliphatic carbocycles. The molecule has 0 aliphatic rings. The Kier molecular flexibility index (Phi) is 3.65. The van der Waals surface area contributed by atoms with Crippen molar-refractivity contribution in [3.05, 3.63) is 16.1 Å². The lowest BCUT2D eigenvalue weighted by molar-refractivity contribution is 0.140. The summed E-state index contributed by atoms with van der Waals surface area (Å²) in [6.45, 7) is 4.82. The summed E-state index contributed by atoms with van der Waals surface area (Å²) in [5.41, 5.74) is 1.08. The molecule has 1 aromatic rings. The molecule has 0 bridgehead atoms. The van der Waals surface area contributed by atoms with Crippen LogP contribution >= 0.6 is 11.3 Å². The van der Waals surface area contributed by atoms with Gasteiger partial charge in [0.15, 0.2) is 0 Å². The highest BCUT2D eigenvalue weighted by Gasteiger charge is 2.04. The van der Waals surface area contributed by atoms with Crippen LogP contribution in [-0.2, 0) is 11.3 Å². The Morgan fingerprint density at radius 3 is 2.92 bits per heavy atom. The molecule has 1 heterocycles. The van der Waals surface area contributed by atoms with E-state index in [-0.39, 0.29) is 0 Å². The molecule has 0 saturated heterocycles. The van der Waals surface area contributed by atoms with Crippen LogP contribution in [0.4, 0.5) is 0 Å². The summed E-state index contributed by atoms with van der Waals surface area (Å²) in [6, 6.07) is 0. The first-order valence-corrected chi connectivity index (χ1v) is 4.88. The van der Waals surface area contributed by atoms with E-state index < -0.39 is 0 Å². The fourth-order valence-corrected chi connectivity index (χ4v) is 1.74. The van der Waals surface area contributed by atoms with Gasteiger partial charge in [-0.2, -0.15) is 0 Å². The maximum atomic E-state index is 4.92. The van der Waals surface area contributed by atoms with Crippen molar-refractivity contribution in [2.24, 2.45) is 5.90 Å². The highest BCUT2D eigenvalue weighted by Crippen LogP contribution is 2.19. The molecule has 0 saturated carbocycles. The minimum absolute atomic E-state index is 0.516. The third-order valence-corrected chi connectivity index (χ3v) is 2.73. The van der Waals surface area contributed by atoms with Crippen molar-refractivity contribution < 1.29 is 4.84 Å². The van der Waals surface area contributed by atoms with E-state index >= 15 is 0 Å². The van der Waals surface area contributed by atoms with Crippen LogP contribution in [0.5, 0.6) is 0 Å². The van der Waals surface area contributed by atoms with Gasteiger partial charge in [-0.25, -0.2) is 10.9 Å². The van der Waals surface area contributed by atoms with Gasteiger partial charge in [-0.3, -0.25) is 0 Å². The van der Waals surface area contributed by atoms with Crippen molar-refractivity contribution in [2.45, 2.75) is 26.2 Å². The van der Waals surface area contributed by atoms with Crippen LogP contribution in [0.3, 0.4) is 0 Å². The summed E-state index contributed by atoms with van der Waals surface area (Å²) in [5, 5.41) is 3.25. The van der Waals surface area contributed by atoms with Crippen molar-refractivity contribution in [3.8, 4) is 0 Å². The number of aromatic nitrogens is 1. The predicted molar refractivity (Wildman–Crippen MR) is 50.0 cm³/mol. The summed E-state index contributed by atoms with van der Waals surface area (Å²) in [6.07, 6.45) is 0.805. The SMILES string of the molecule is CC(C)c1nc(CCON)cs1. The predicted octanol–water partition coefficient (Wildman–Crippen LogP) is 1.70. The molecular formula is C8H14N2OS. The van der Waals surface area contributed by atoms with E-state index in [9.17, 15) is 0 Å². The molecule has 12 heavy (non-hydrogen) atoms. The maximum absolute atomic E-state index is 4.92. The summed E-state index contributed by atoms with van der Waals surface area (Å²) in [4.78, 5) is 8.91. The number of rotatable bonds is 4. The van der Waals surface area contributed by atoms with Crippen LogP contribution < -0.4 is 5.90 Å². The third-order valence-electron chi connectivity index (χ3n) is 1.54. The Balaban J connectivity index is 2.52. The monoisotopic (exact) mass is 186 g/mol. The molecule has 68 valence electrons. The molecule has 2 N–H and O–H groups in total. The highest BCUT2D eigenvalue weighted by atomic mass is 32.1. The minimum atomic E-state index is 0.516. The molecular weight excluding hydrogens is 172 g/mol. The molecule has 1 aromatic heterocycles. The fraction of sp³-hybridized carbons (Fsp3) is 0.625. The first-order valence-electron chi connectivity index (χ1n) is 4.00. The van der Waals surface area contributed by atoms with Crippen LogP contribution in [0.15, 0.2) is 5.38 Å². The Morgan fingerprint density at radius 2 is 2.42 bits per heavy atom. The number of thiazole rings is 1. The van der Waals surface area contributed by atoms with Crippen LogP contribution in [0.1, 0.15) is 30.5 Å². The van der Waals surface area contributed by atoms with Gasteiger partial charge < -0.3 is 4.84 Å². The van der Waals surface area contributed by atoms with Crippen LogP contribution in [-0.4, -0.2) is 11.6 Å². The average Bonchev–Trinajstić information content (AvgIpc) is 2.48. The second-order valence-corrected chi connectivity index (χ2v) is 3.84. The second-order valence-electron chi connectivity index (χ2n) is 2.95. The molecule has 0 amide bonds. The Morgan fingerprint density at radius 1 is 1.67 bits per heavy atom. The van der Waals surface area contributed by atoms with Gasteiger partial charge in [0.2, 0.25) is 0 Å². The third kappa shape index (κ3) is 2.55. The van der Waals surface area contributed by atoms with Crippen molar-refractivity contribution >= 4 is 11.3 Å². The van der Waals surface area contributed by atoms with Crippen molar-refractivity contribution in [1.29, 1.82) is 0 Å². The average molecular weight is 186 g/mol. The molecule has 0 aromatic carbocycles. The zero-order valence-electron chi connectivity index (χ0n) is 7.41. The van der Waals surface area contributed by atoms with E-state index in [4.69, 9.17) is 5.90 Å². The standard InChI is InChI=1S/C8H14N2OS/c1-6(2)8-10-7(5-12-8)3-4-11-9/h5-6H,3-4,9H2,1-2H3. The zero-order chi connectivity index (χ0) is 8.97. The normalized spacial score (nSPS) is 11.0. The number of hydrogen-bond donors (Lipinski definition) is 1. The van der Waals surface area contributed by atoms with Crippen LogP contribution in [0, 0.1) is 0 Å². The van der Waals surface area contributed by atoms with E-state index in [1.54, 1.807) is 11.3 Å². The van der Waals surface area contributed by atoms with E-state index in [2.05, 4.69) is 29.0 Å². The summed E-state index contributed by atoms with van der Waals surface area (Å²) in [5.74, 6) is 5.43. The Bertz CT molecular complexity index is 235. The highest BCUT2D eigenvalue weighted by molar-refractivity contribution is 7.09. The molecule has 0 unspecified atom stereocenters. The lowest BCUT2D eigenvalue weighted by atomic mass is 10.2. The lowest BCUT2D eigenvalue weighted by Gasteiger charge is -1.96. The molecule has 3 nitrogen and oxygen atoms in total. The van der Waals surface area contributed by atoms with Gasteiger partial charge in [0.1, 0.15) is 0 Å². The summed E-state index contributed by atoms with van der Waals surface area (Å²) in [7, 11) is 0. The Labute approximate surface area is 76.5 Å². The molecule has 0 fully saturated rings. The van der Waals surface area contributed by atoms with Gasteiger partial charge in [0.05, 0.1) is 17.3 Å². The first-order chi connectivity index (χ1) is 5.74. The fourth-order valence-electron chi connectivity index (χ4n) is 0.866. The molecule has 1 rings (SSSR count). The Hall–Kier alpha value is -0.450. The van der Waals surface area contributed by atoms with Gasteiger partial charge in [0, 0.05) is 17.7 Å². The van der Waals surface area contributed by atoms with E-state index in [0.29, 0.717) is 12.5 Å². The van der Waals surface area contributed by atoms with Gasteiger partial charge in [-0.1, -0.05) is 13.8 Å². The quantitative estimate of drug-likeness (QED) is 0.728. The second kappa shape index (κ2) is 4.54. The van der Waals surface area contributed by atoms with Crippen LogP contribution in [0.2, 0.25) is 0 Å². The van der Waals surface area contributed by atoms with Gasteiger partial charge >= 0.3 is 0 Å². The largest absolute Gasteiger partial charge is 0.304 e. The van der Waals surface area contributed by atoms with Crippen molar-refractivity contribution in [1.82, 2.24) is 4.98 Å². The number of hydrogen-bond acceptors (Lipinski definition) is 4. The van der Waals surface area contributed by atoms with E-state index in [0.717, 1.165) is 12.1 Å². The van der Waals surface area contributed by atoms with Crippen LogP contribution in [0.25, 0.3) is 0 Å². The van der Waals surface area contributed by atoms with Gasteiger partial charge in [0.25, 0.3) is 0 Å². The van der Waals surface area contributed by atoms with E-state index in [1.807, 2.05) is 0 Å². The minimum Gasteiger partial charge on any atom is -0.304 e. The molecule has 0 spiro atoms. The number of nitrogens with zero attached hydrogens (tertiary/aromatic N) is 1. The van der Waals surface area contributed by atoms with Gasteiger partial charge in [-0.05, 0) is 0 Å². The molecule has 0 aliphatic heterocycles. The smallest absolute Gasteiger partial charge is 0.0953 e. The topological polar surface area (TPSA) is 48.1 Å². The lowest BCUT2D eigenvalue weighted by Crippen LogP contribution is -2.03. The van der Waals surface area contributed by atoms with Gasteiger partial charge in [-0.15, -0.1) is 11.3 Å². The van der Waals surface area contributed by atoms with Crippen molar-refractivity contribution in [3.63, 3.8) is 0 Å². The number of nitrogens with two attached hydrogens (primary N) is 1. The maximum Gasteiger partial charge on any atom is 0.0953 e. The zero-order valence-corrected chi connectivity index (χ0v) is 8.23. The molecule has 0 atom stereocenters. The van der Waals surface area contributed by atoms with Crippen molar-refractivity contribution in [2.75, 3.05) is 6.61 Å².